The van der Waals surface area contributed by atoms with Gasteiger partial charge in [0.05, 0.1) is 9.82 Å². The van der Waals surface area contributed by atoms with Gasteiger partial charge in [0.25, 0.3) is 0 Å². The monoisotopic (exact) mass is 484 g/mol. The van der Waals surface area contributed by atoms with Gasteiger partial charge in [-0.1, -0.05) is 6.92 Å². The van der Waals surface area contributed by atoms with Crippen LogP contribution in [0.15, 0.2) is 50.5 Å². The standard InChI is InChI=1S/C24H24N2O7S/c1-15-4-3-11-25(14-15)34(30,31)17-8-10-22(21(13-17)26(28)29)32-16-7-9-19-18-5-2-6-20(18)24(27)33-23(19)12-16/h7-10,12-13,15H,2-6,11,14H2,1H3. The SMILES string of the molecule is CC1CCCN(S(=O)(=O)c2ccc(Oc3ccc4c5c(c(=O)oc4c3)CCC5)c([N+](=O)[O-])c2)C1. The number of nitrogens with zero attached hydrogens (tertiary/aromatic N) is 2. The maximum atomic E-state index is 13.1. The minimum atomic E-state index is -3.86. The van der Waals surface area contributed by atoms with Crippen molar-refractivity contribution in [2.45, 2.75) is 43.9 Å². The predicted molar refractivity (Wildman–Crippen MR) is 125 cm³/mol. The van der Waals surface area contributed by atoms with Crippen molar-refractivity contribution in [3.63, 3.8) is 0 Å². The number of ether oxygens (including phenoxy) is 1. The zero-order valence-electron chi connectivity index (χ0n) is 18.7. The summed E-state index contributed by atoms with van der Waals surface area (Å²) in [6.07, 6.45) is 4.10. The first-order chi connectivity index (χ1) is 16.2. The third-order valence-electron chi connectivity index (χ3n) is 6.56. The lowest BCUT2D eigenvalue weighted by atomic mass is 10.0. The second-order valence-electron chi connectivity index (χ2n) is 8.96. The molecule has 10 heteroatoms. The van der Waals surface area contributed by atoms with E-state index < -0.39 is 20.6 Å². The van der Waals surface area contributed by atoms with Crippen LogP contribution in [0, 0.1) is 16.0 Å². The van der Waals surface area contributed by atoms with Crippen molar-refractivity contribution in [3.8, 4) is 11.5 Å². The van der Waals surface area contributed by atoms with E-state index in [2.05, 4.69) is 0 Å². The number of hydrogen-bond acceptors (Lipinski definition) is 7. The molecular formula is C24H24N2O7S. The minimum absolute atomic E-state index is 0.0983. The van der Waals surface area contributed by atoms with Crippen LogP contribution >= 0.6 is 0 Å². The van der Waals surface area contributed by atoms with Gasteiger partial charge in [-0.3, -0.25) is 10.1 Å². The first-order valence-electron chi connectivity index (χ1n) is 11.3. The van der Waals surface area contributed by atoms with Crippen molar-refractivity contribution in [2.24, 2.45) is 5.92 Å². The average molecular weight is 485 g/mol. The van der Waals surface area contributed by atoms with E-state index in [4.69, 9.17) is 9.15 Å². The molecule has 2 heterocycles. The Morgan fingerprint density at radius 1 is 1.12 bits per heavy atom. The number of rotatable bonds is 5. The molecule has 3 aromatic rings. The van der Waals surface area contributed by atoms with E-state index in [1.165, 1.54) is 22.5 Å². The van der Waals surface area contributed by atoms with Crippen LogP contribution in [0.3, 0.4) is 0 Å². The number of hydrogen-bond donors (Lipinski definition) is 0. The number of piperidine rings is 1. The fourth-order valence-corrected chi connectivity index (χ4v) is 6.47. The topological polar surface area (TPSA) is 120 Å². The molecule has 0 radical (unpaired) electrons. The number of nitro groups is 1. The molecule has 1 unspecified atom stereocenters. The Kier molecular flexibility index (Phi) is 5.65. The summed E-state index contributed by atoms with van der Waals surface area (Å²) >= 11 is 0. The minimum Gasteiger partial charge on any atom is -0.450 e. The number of nitro benzene ring substituents is 1. The maximum Gasteiger partial charge on any atom is 0.339 e. The fraction of sp³-hybridized carbons (Fsp3) is 0.375. The Hall–Kier alpha value is -3.24. The molecule has 0 saturated carbocycles. The molecule has 178 valence electrons. The van der Waals surface area contributed by atoms with Gasteiger partial charge < -0.3 is 9.15 Å². The zero-order chi connectivity index (χ0) is 24.0. The van der Waals surface area contributed by atoms with Gasteiger partial charge in [0.15, 0.2) is 0 Å². The van der Waals surface area contributed by atoms with E-state index in [1.807, 2.05) is 6.92 Å². The third kappa shape index (κ3) is 3.97. The number of sulfonamides is 1. The molecular weight excluding hydrogens is 460 g/mol. The van der Waals surface area contributed by atoms with E-state index in [-0.39, 0.29) is 27.9 Å². The summed E-state index contributed by atoms with van der Waals surface area (Å²) in [7, 11) is -3.86. The van der Waals surface area contributed by atoms with Gasteiger partial charge >= 0.3 is 11.3 Å². The van der Waals surface area contributed by atoms with Gasteiger partial charge in [-0.15, -0.1) is 0 Å². The maximum absolute atomic E-state index is 13.1. The zero-order valence-corrected chi connectivity index (χ0v) is 19.5. The Labute approximate surface area is 196 Å². The lowest BCUT2D eigenvalue weighted by Crippen LogP contribution is -2.39. The molecule has 1 fully saturated rings. The molecule has 34 heavy (non-hydrogen) atoms. The van der Waals surface area contributed by atoms with Crippen molar-refractivity contribution in [3.05, 3.63) is 68.1 Å². The van der Waals surface area contributed by atoms with Gasteiger partial charge in [-0.2, -0.15) is 4.31 Å². The van der Waals surface area contributed by atoms with Gasteiger partial charge in [0, 0.05) is 36.2 Å². The average Bonchev–Trinajstić information content (AvgIpc) is 3.30. The number of benzene rings is 2. The molecule has 0 bridgehead atoms. The summed E-state index contributed by atoms with van der Waals surface area (Å²) in [5, 5.41) is 12.6. The normalized spacial score (nSPS) is 18.7. The molecule has 1 aromatic heterocycles. The lowest BCUT2D eigenvalue weighted by Gasteiger charge is -2.30. The van der Waals surface area contributed by atoms with Crippen LogP contribution in [0.4, 0.5) is 5.69 Å². The fourth-order valence-electron chi connectivity index (χ4n) is 4.85. The van der Waals surface area contributed by atoms with Crippen LogP contribution < -0.4 is 10.4 Å². The Morgan fingerprint density at radius 2 is 1.91 bits per heavy atom. The van der Waals surface area contributed by atoms with E-state index in [0.29, 0.717) is 30.7 Å². The first kappa shape index (κ1) is 22.5. The molecule has 1 aliphatic heterocycles. The highest BCUT2D eigenvalue weighted by Crippen LogP contribution is 2.36. The molecule has 2 aliphatic rings. The lowest BCUT2D eigenvalue weighted by molar-refractivity contribution is -0.385. The van der Waals surface area contributed by atoms with Crippen LogP contribution in [-0.4, -0.2) is 30.7 Å². The van der Waals surface area contributed by atoms with Gasteiger partial charge in [0.2, 0.25) is 15.8 Å². The van der Waals surface area contributed by atoms with Crippen LogP contribution in [0.5, 0.6) is 11.5 Å². The molecule has 1 aliphatic carbocycles. The highest BCUT2D eigenvalue weighted by molar-refractivity contribution is 7.89. The van der Waals surface area contributed by atoms with E-state index in [9.17, 15) is 23.3 Å². The molecule has 0 amide bonds. The molecule has 0 spiro atoms. The van der Waals surface area contributed by atoms with Gasteiger partial charge in [-0.05, 0) is 67.9 Å². The van der Waals surface area contributed by atoms with Crippen LogP contribution in [-0.2, 0) is 22.9 Å². The Balaban J connectivity index is 1.48. The van der Waals surface area contributed by atoms with Crippen molar-refractivity contribution in [2.75, 3.05) is 13.1 Å². The van der Waals surface area contributed by atoms with Crippen molar-refractivity contribution in [1.29, 1.82) is 0 Å². The highest BCUT2D eigenvalue weighted by Gasteiger charge is 2.31. The van der Waals surface area contributed by atoms with E-state index >= 15 is 0 Å². The molecule has 1 saturated heterocycles. The summed E-state index contributed by atoms with van der Waals surface area (Å²) in [6.45, 7) is 2.77. The molecule has 5 rings (SSSR count). The summed E-state index contributed by atoms with van der Waals surface area (Å²) in [4.78, 5) is 23.2. The smallest absolute Gasteiger partial charge is 0.339 e. The summed E-state index contributed by atoms with van der Waals surface area (Å²) in [5.41, 5.74) is 1.21. The van der Waals surface area contributed by atoms with Gasteiger partial charge in [0.1, 0.15) is 11.3 Å². The second-order valence-corrected chi connectivity index (χ2v) is 10.9. The van der Waals surface area contributed by atoms with E-state index in [1.54, 1.807) is 12.1 Å². The Morgan fingerprint density at radius 3 is 2.68 bits per heavy atom. The second kappa shape index (κ2) is 8.52. The predicted octanol–water partition coefficient (Wildman–Crippen LogP) is 4.40. The van der Waals surface area contributed by atoms with Crippen molar-refractivity contribution in [1.82, 2.24) is 4.31 Å². The number of aryl methyl sites for hydroxylation is 1. The summed E-state index contributed by atoms with van der Waals surface area (Å²) in [6, 6.07) is 8.62. The van der Waals surface area contributed by atoms with Crippen molar-refractivity contribution >= 4 is 26.7 Å². The molecule has 2 aromatic carbocycles. The quantitative estimate of drug-likeness (QED) is 0.299. The van der Waals surface area contributed by atoms with Crippen molar-refractivity contribution < 1.29 is 22.5 Å². The van der Waals surface area contributed by atoms with Crippen LogP contribution in [0.2, 0.25) is 0 Å². The molecule has 9 nitrogen and oxygen atoms in total. The summed E-state index contributed by atoms with van der Waals surface area (Å²) < 4.78 is 38.7. The number of fused-ring (bicyclic) bond motifs is 3. The van der Waals surface area contributed by atoms with Gasteiger partial charge in [-0.25, -0.2) is 13.2 Å². The largest absolute Gasteiger partial charge is 0.450 e. The third-order valence-corrected chi connectivity index (χ3v) is 8.42. The van der Waals surface area contributed by atoms with E-state index in [0.717, 1.165) is 42.7 Å². The Bertz CT molecular complexity index is 1460. The van der Waals surface area contributed by atoms with Crippen LogP contribution in [0.1, 0.15) is 37.3 Å². The highest BCUT2D eigenvalue weighted by atomic mass is 32.2. The first-order valence-corrected chi connectivity index (χ1v) is 12.7. The molecule has 1 atom stereocenters. The van der Waals surface area contributed by atoms with Crippen LogP contribution in [0.25, 0.3) is 11.0 Å². The summed E-state index contributed by atoms with van der Waals surface area (Å²) in [5.74, 6) is 0.381. The molecule has 0 N–H and O–H groups in total.